The van der Waals surface area contributed by atoms with E-state index in [1.54, 1.807) is 13.8 Å². The summed E-state index contributed by atoms with van der Waals surface area (Å²) >= 11 is 0. The molecular formula is C18H27N3O3. The van der Waals surface area contributed by atoms with Gasteiger partial charge in [0, 0.05) is 24.1 Å². The molecule has 1 aromatic rings. The minimum Gasteiger partial charge on any atom is -0.396 e. The molecular weight excluding hydrogens is 306 g/mol. The van der Waals surface area contributed by atoms with Crippen molar-refractivity contribution >= 4 is 5.91 Å². The van der Waals surface area contributed by atoms with Crippen molar-refractivity contribution in [3.8, 4) is 6.07 Å². The van der Waals surface area contributed by atoms with Crippen LogP contribution in [0.1, 0.15) is 55.5 Å². The van der Waals surface area contributed by atoms with Gasteiger partial charge in [0.25, 0.3) is 5.56 Å². The molecule has 0 bridgehead atoms. The lowest BCUT2D eigenvalue weighted by atomic mass is 9.83. The first kappa shape index (κ1) is 19.9. The minimum absolute atomic E-state index is 0.0456. The highest BCUT2D eigenvalue weighted by Gasteiger charge is 2.25. The Kier molecular flexibility index (Phi) is 7.18. The van der Waals surface area contributed by atoms with Crippen molar-refractivity contribution in [2.75, 3.05) is 13.2 Å². The number of aromatic amines is 1. The molecule has 0 aliphatic rings. The van der Waals surface area contributed by atoms with Gasteiger partial charge >= 0.3 is 0 Å². The summed E-state index contributed by atoms with van der Waals surface area (Å²) < 4.78 is 0. The molecule has 1 aromatic heterocycles. The molecule has 1 amide bonds. The highest BCUT2D eigenvalue weighted by Crippen LogP contribution is 2.24. The first-order valence-electron chi connectivity index (χ1n) is 8.34. The number of aliphatic hydroxyl groups excluding tert-OH is 1. The molecule has 3 N–H and O–H groups in total. The second-order valence-corrected chi connectivity index (χ2v) is 6.31. The quantitative estimate of drug-likeness (QED) is 0.673. The van der Waals surface area contributed by atoms with Gasteiger partial charge in [-0.05, 0) is 44.2 Å². The highest BCUT2D eigenvalue weighted by atomic mass is 16.3. The Morgan fingerprint density at radius 1 is 1.33 bits per heavy atom. The lowest BCUT2D eigenvalue weighted by molar-refractivity contribution is -0.121. The molecule has 1 heterocycles. The van der Waals surface area contributed by atoms with E-state index < -0.39 is 0 Å². The molecule has 132 valence electrons. The third kappa shape index (κ3) is 4.45. The number of pyridine rings is 1. The summed E-state index contributed by atoms with van der Waals surface area (Å²) in [5.41, 5.74) is 1.61. The molecule has 0 aromatic carbocycles. The van der Waals surface area contributed by atoms with E-state index in [1.165, 1.54) is 0 Å². The fourth-order valence-corrected chi connectivity index (χ4v) is 2.81. The van der Waals surface area contributed by atoms with Gasteiger partial charge in [-0.25, -0.2) is 0 Å². The first-order valence-corrected chi connectivity index (χ1v) is 8.34. The largest absolute Gasteiger partial charge is 0.396 e. The summed E-state index contributed by atoms with van der Waals surface area (Å²) in [5.74, 6) is -0.0989. The summed E-state index contributed by atoms with van der Waals surface area (Å²) in [6, 6.07) is 1.91. The zero-order chi connectivity index (χ0) is 18.3. The molecule has 0 radical (unpaired) electrons. The van der Waals surface area contributed by atoms with Crippen LogP contribution in [0.25, 0.3) is 0 Å². The Morgan fingerprint density at radius 2 is 1.96 bits per heavy atom. The average Bonchev–Trinajstić information content (AvgIpc) is 2.56. The maximum atomic E-state index is 12.1. The number of amides is 1. The second-order valence-electron chi connectivity index (χ2n) is 6.31. The summed E-state index contributed by atoms with van der Waals surface area (Å²) in [6.07, 6.45) is 2.32. The van der Waals surface area contributed by atoms with Gasteiger partial charge in [0.1, 0.15) is 11.6 Å². The normalized spacial score (nSPS) is 11.2. The van der Waals surface area contributed by atoms with E-state index in [1.807, 2.05) is 19.9 Å². The number of H-pyrrole nitrogens is 1. The molecule has 0 saturated heterocycles. The van der Waals surface area contributed by atoms with Gasteiger partial charge in [-0.3, -0.25) is 9.59 Å². The SMILES string of the molecule is CCC(CC)(CO)CNC(=O)CCc1c(C)[nH]c(=O)c(C#N)c1C. The van der Waals surface area contributed by atoms with E-state index in [0.717, 1.165) is 18.4 Å². The Balaban J connectivity index is 2.76. The van der Waals surface area contributed by atoms with Crippen LogP contribution in [0.15, 0.2) is 4.79 Å². The number of nitrogens with one attached hydrogen (secondary N) is 2. The first-order chi connectivity index (χ1) is 11.3. The number of aromatic nitrogens is 1. The highest BCUT2D eigenvalue weighted by molar-refractivity contribution is 5.76. The van der Waals surface area contributed by atoms with E-state index in [2.05, 4.69) is 10.3 Å². The topological polar surface area (TPSA) is 106 Å². The number of hydrogen-bond donors (Lipinski definition) is 3. The zero-order valence-electron chi connectivity index (χ0n) is 15.0. The minimum atomic E-state index is -0.390. The molecule has 0 fully saturated rings. The maximum absolute atomic E-state index is 12.1. The Morgan fingerprint density at radius 3 is 2.46 bits per heavy atom. The van der Waals surface area contributed by atoms with E-state index in [-0.39, 0.29) is 35.5 Å². The summed E-state index contributed by atoms with van der Waals surface area (Å²) in [4.78, 5) is 26.5. The van der Waals surface area contributed by atoms with E-state index in [0.29, 0.717) is 24.2 Å². The third-order valence-electron chi connectivity index (χ3n) is 5.02. The Bertz CT molecular complexity index is 674. The van der Waals surface area contributed by atoms with Crippen LogP contribution in [0, 0.1) is 30.6 Å². The monoisotopic (exact) mass is 333 g/mol. The van der Waals surface area contributed by atoms with E-state index in [9.17, 15) is 14.7 Å². The maximum Gasteiger partial charge on any atom is 0.266 e. The molecule has 6 nitrogen and oxygen atoms in total. The molecule has 0 aliphatic heterocycles. The van der Waals surface area contributed by atoms with Gasteiger partial charge < -0.3 is 15.4 Å². The van der Waals surface area contributed by atoms with E-state index >= 15 is 0 Å². The number of carbonyl (C=O) groups excluding carboxylic acids is 1. The molecule has 6 heteroatoms. The van der Waals surface area contributed by atoms with Crippen LogP contribution in [0.3, 0.4) is 0 Å². The predicted molar refractivity (Wildman–Crippen MR) is 92.7 cm³/mol. The predicted octanol–water partition coefficient (Wildman–Crippen LogP) is 1.71. The number of rotatable bonds is 8. The van der Waals surface area contributed by atoms with Crippen LogP contribution in [-0.4, -0.2) is 29.1 Å². The lowest BCUT2D eigenvalue weighted by Crippen LogP contribution is -2.39. The van der Waals surface area contributed by atoms with Gasteiger partial charge in [0.2, 0.25) is 5.91 Å². The zero-order valence-corrected chi connectivity index (χ0v) is 15.0. The molecule has 0 aliphatic carbocycles. The van der Waals surface area contributed by atoms with Crippen LogP contribution in [0.4, 0.5) is 0 Å². The number of hydrogen-bond acceptors (Lipinski definition) is 4. The fourth-order valence-electron chi connectivity index (χ4n) is 2.81. The summed E-state index contributed by atoms with van der Waals surface area (Å²) in [5, 5.41) is 21.5. The standard InChI is InChI=1S/C18H27N3O3/c1-5-18(6-2,11-22)10-20-16(23)8-7-14-12(3)15(9-19)17(24)21-13(14)4/h22H,5-8,10-11H2,1-4H3,(H,20,23)(H,21,24). The lowest BCUT2D eigenvalue weighted by Gasteiger charge is -2.29. The summed E-state index contributed by atoms with van der Waals surface area (Å²) in [6.45, 7) is 8.00. The number of aliphatic hydroxyl groups is 1. The molecule has 24 heavy (non-hydrogen) atoms. The van der Waals surface area contributed by atoms with Crippen molar-refractivity contribution in [2.24, 2.45) is 5.41 Å². The van der Waals surface area contributed by atoms with Crippen molar-refractivity contribution in [3.63, 3.8) is 0 Å². The van der Waals surface area contributed by atoms with E-state index in [4.69, 9.17) is 5.26 Å². The smallest absolute Gasteiger partial charge is 0.266 e. The van der Waals surface area contributed by atoms with Crippen LogP contribution in [0.5, 0.6) is 0 Å². The summed E-state index contributed by atoms with van der Waals surface area (Å²) in [7, 11) is 0. The van der Waals surface area contributed by atoms with Gasteiger partial charge in [-0.1, -0.05) is 13.8 Å². The molecule has 1 rings (SSSR count). The van der Waals surface area contributed by atoms with Crippen LogP contribution < -0.4 is 10.9 Å². The molecule has 0 atom stereocenters. The number of carbonyl (C=O) groups is 1. The van der Waals surface area contributed by atoms with Crippen LogP contribution in [-0.2, 0) is 11.2 Å². The van der Waals surface area contributed by atoms with Crippen molar-refractivity contribution in [1.82, 2.24) is 10.3 Å². The second kappa shape index (κ2) is 8.65. The number of nitriles is 1. The third-order valence-corrected chi connectivity index (χ3v) is 5.02. The fraction of sp³-hybridized carbons (Fsp3) is 0.611. The Labute approximate surface area is 142 Å². The van der Waals surface area contributed by atoms with Crippen molar-refractivity contribution in [1.29, 1.82) is 5.26 Å². The number of nitrogens with zero attached hydrogens (tertiary/aromatic N) is 1. The van der Waals surface area contributed by atoms with Crippen molar-refractivity contribution in [2.45, 2.75) is 53.4 Å². The Hall–Kier alpha value is -2.13. The van der Waals surface area contributed by atoms with Gasteiger partial charge in [0.05, 0.1) is 6.61 Å². The molecule has 0 saturated carbocycles. The van der Waals surface area contributed by atoms with Gasteiger partial charge in [-0.2, -0.15) is 5.26 Å². The number of aryl methyl sites for hydroxylation is 1. The van der Waals surface area contributed by atoms with Crippen molar-refractivity contribution in [3.05, 3.63) is 32.7 Å². The molecule has 0 spiro atoms. The van der Waals surface area contributed by atoms with Crippen molar-refractivity contribution < 1.29 is 9.90 Å². The van der Waals surface area contributed by atoms with Crippen LogP contribution >= 0.6 is 0 Å². The van der Waals surface area contributed by atoms with Gasteiger partial charge in [-0.15, -0.1) is 0 Å². The average molecular weight is 333 g/mol. The van der Waals surface area contributed by atoms with Crippen LogP contribution in [0.2, 0.25) is 0 Å². The van der Waals surface area contributed by atoms with Gasteiger partial charge in [0.15, 0.2) is 0 Å². The molecule has 0 unspecified atom stereocenters.